The maximum Gasteiger partial charge on any atom is 0.273 e. The van der Waals surface area contributed by atoms with Gasteiger partial charge in [-0.1, -0.05) is 65.9 Å². The molecule has 0 saturated heterocycles. The molecule has 0 radical (unpaired) electrons. The predicted octanol–water partition coefficient (Wildman–Crippen LogP) is 3.34. The van der Waals surface area contributed by atoms with Gasteiger partial charge in [-0.2, -0.15) is 0 Å². The first-order valence-corrected chi connectivity index (χ1v) is 9.92. The van der Waals surface area contributed by atoms with Gasteiger partial charge in [-0.25, -0.2) is 9.67 Å². The molecule has 0 fully saturated rings. The lowest BCUT2D eigenvalue weighted by Gasteiger charge is -2.17. The summed E-state index contributed by atoms with van der Waals surface area (Å²) in [5.74, 6) is -0.235. The molecule has 4 aromatic rings. The minimum absolute atomic E-state index is 0.147. The first-order chi connectivity index (χ1) is 13.8. The Hall–Kier alpha value is -3.32. The van der Waals surface area contributed by atoms with Crippen molar-refractivity contribution in [3.05, 3.63) is 100 Å². The summed E-state index contributed by atoms with van der Waals surface area (Å²) in [6.45, 7) is 0.510. The molecule has 0 unspecified atom stereocenters. The maximum absolute atomic E-state index is 12.4. The molecule has 7 heteroatoms. The van der Waals surface area contributed by atoms with Crippen molar-refractivity contribution in [1.29, 1.82) is 0 Å². The van der Waals surface area contributed by atoms with Crippen molar-refractivity contribution in [3.8, 4) is 0 Å². The van der Waals surface area contributed by atoms with Crippen molar-refractivity contribution in [2.75, 3.05) is 6.54 Å². The molecule has 0 saturated carbocycles. The lowest BCUT2D eigenvalue weighted by atomic mass is 9.99. The molecule has 2 aromatic heterocycles. The van der Waals surface area contributed by atoms with Gasteiger partial charge in [0.2, 0.25) is 0 Å². The van der Waals surface area contributed by atoms with E-state index < -0.39 is 0 Å². The van der Waals surface area contributed by atoms with Gasteiger partial charge >= 0.3 is 0 Å². The molecule has 0 aliphatic carbocycles. The van der Waals surface area contributed by atoms with Crippen LogP contribution in [-0.2, 0) is 6.42 Å². The Balaban J connectivity index is 1.52. The topological polar surface area (TPSA) is 72.7 Å². The van der Waals surface area contributed by atoms with E-state index in [-0.39, 0.29) is 11.9 Å². The maximum atomic E-state index is 12.4. The lowest BCUT2D eigenvalue weighted by Crippen LogP contribution is -2.26. The molecule has 4 rings (SSSR count). The van der Waals surface area contributed by atoms with Crippen molar-refractivity contribution >= 4 is 17.2 Å². The number of hydrogen-bond acceptors (Lipinski definition) is 5. The van der Waals surface area contributed by atoms with Crippen LogP contribution in [0.2, 0.25) is 0 Å². The Morgan fingerprint density at radius 1 is 1.04 bits per heavy atom. The molecule has 28 heavy (non-hydrogen) atoms. The van der Waals surface area contributed by atoms with E-state index in [1.54, 1.807) is 27.7 Å². The van der Waals surface area contributed by atoms with E-state index in [1.807, 2.05) is 66.0 Å². The number of aromatic nitrogens is 4. The Morgan fingerprint density at radius 3 is 2.32 bits per heavy atom. The van der Waals surface area contributed by atoms with Gasteiger partial charge in [-0.05, 0) is 11.1 Å². The van der Waals surface area contributed by atoms with Gasteiger partial charge in [-0.3, -0.25) is 4.79 Å². The van der Waals surface area contributed by atoms with Crippen LogP contribution in [0.3, 0.4) is 0 Å². The molecule has 2 aromatic carbocycles. The summed E-state index contributed by atoms with van der Waals surface area (Å²) in [6, 6.07) is 20.0. The minimum atomic E-state index is -0.235. The van der Waals surface area contributed by atoms with Gasteiger partial charge in [0, 0.05) is 18.3 Å². The average molecular weight is 389 g/mol. The molecule has 2 heterocycles. The number of amides is 1. The van der Waals surface area contributed by atoms with E-state index in [0.717, 1.165) is 16.8 Å². The number of carbonyl (C=O) groups excluding carboxylic acids is 1. The zero-order valence-electron chi connectivity index (χ0n) is 15.1. The number of rotatable bonds is 7. The number of hydrogen-bond donors (Lipinski definition) is 1. The van der Waals surface area contributed by atoms with Crippen molar-refractivity contribution in [1.82, 2.24) is 25.3 Å². The molecule has 140 valence electrons. The molecular formula is C21H19N5OS. The third-order valence-corrected chi connectivity index (χ3v) is 5.02. The fourth-order valence-corrected chi connectivity index (χ4v) is 3.62. The van der Waals surface area contributed by atoms with Crippen molar-refractivity contribution in [2.24, 2.45) is 0 Å². The summed E-state index contributed by atoms with van der Waals surface area (Å²) in [7, 11) is 0. The Bertz CT molecular complexity index is 976. The summed E-state index contributed by atoms with van der Waals surface area (Å²) in [6.07, 6.45) is 2.39. The van der Waals surface area contributed by atoms with Gasteiger partial charge in [-0.15, -0.1) is 16.4 Å². The molecule has 0 aliphatic heterocycles. The van der Waals surface area contributed by atoms with E-state index in [2.05, 4.69) is 20.6 Å². The smallest absolute Gasteiger partial charge is 0.273 e. The average Bonchev–Trinajstić information content (AvgIpc) is 3.42. The summed E-state index contributed by atoms with van der Waals surface area (Å²) >= 11 is 1.55. The van der Waals surface area contributed by atoms with E-state index >= 15 is 0 Å². The number of nitrogens with one attached hydrogen (secondary N) is 1. The Morgan fingerprint density at radius 2 is 1.71 bits per heavy atom. The molecule has 0 bridgehead atoms. The highest BCUT2D eigenvalue weighted by Gasteiger charge is 2.19. The molecule has 6 nitrogen and oxygen atoms in total. The van der Waals surface area contributed by atoms with Crippen LogP contribution in [0.15, 0.2) is 77.8 Å². The number of thiazole rings is 1. The van der Waals surface area contributed by atoms with Gasteiger partial charge in [0.1, 0.15) is 6.04 Å². The molecule has 0 atom stereocenters. The fourth-order valence-electron chi connectivity index (χ4n) is 3.03. The van der Waals surface area contributed by atoms with Crippen LogP contribution >= 0.6 is 11.3 Å². The van der Waals surface area contributed by atoms with E-state index in [9.17, 15) is 4.79 Å². The van der Waals surface area contributed by atoms with E-state index in [1.165, 1.54) is 0 Å². The van der Waals surface area contributed by atoms with Crippen molar-refractivity contribution < 1.29 is 4.79 Å². The molecule has 1 amide bonds. The molecular weight excluding hydrogens is 370 g/mol. The largest absolute Gasteiger partial charge is 0.350 e. The predicted molar refractivity (Wildman–Crippen MR) is 108 cm³/mol. The number of carbonyl (C=O) groups is 1. The third-order valence-electron chi connectivity index (χ3n) is 4.39. The van der Waals surface area contributed by atoms with Gasteiger partial charge in [0.25, 0.3) is 5.91 Å². The second-order valence-corrected chi connectivity index (χ2v) is 7.01. The molecule has 1 N–H and O–H groups in total. The van der Waals surface area contributed by atoms with Crippen LogP contribution in [0, 0.1) is 0 Å². The lowest BCUT2D eigenvalue weighted by molar-refractivity contribution is 0.0949. The van der Waals surface area contributed by atoms with Gasteiger partial charge in [0.05, 0.1) is 17.4 Å². The highest BCUT2D eigenvalue weighted by molar-refractivity contribution is 7.07. The third kappa shape index (κ3) is 4.15. The Kier molecular flexibility index (Phi) is 5.53. The second-order valence-electron chi connectivity index (χ2n) is 6.29. The standard InChI is InChI=1S/C21H19N5OS/c27-21(22-12-11-18-14-28-15-23-18)19-13-26(25-24-19)20(16-7-3-1-4-8-16)17-9-5-2-6-10-17/h1-10,13-15,20H,11-12H2,(H,22,27). The van der Waals surface area contributed by atoms with Crippen LogP contribution in [-0.4, -0.2) is 32.4 Å². The highest BCUT2D eigenvalue weighted by Crippen LogP contribution is 2.25. The summed E-state index contributed by atoms with van der Waals surface area (Å²) in [4.78, 5) is 16.7. The Labute approximate surface area is 166 Å². The van der Waals surface area contributed by atoms with Gasteiger partial charge < -0.3 is 5.32 Å². The first-order valence-electron chi connectivity index (χ1n) is 8.98. The van der Waals surface area contributed by atoms with Crippen LogP contribution in [0.25, 0.3) is 0 Å². The van der Waals surface area contributed by atoms with Gasteiger partial charge in [0.15, 0.2) is 5.69 Å². The highest BCUT2D eigenvalue weighted by atomic mass is 32.1. The van der Waals surface area contributed by atoms with E-state index in [0.29, 0.717) is 18.7 Å². The van der Waals surface area contributed by atoms with Crippen LogP contribution in [0.1, 0.15) is 33.4 Å². The van der Waals surface area contributed by atoms with Crippen LogP contribution in [0.4, 0.5) is 0 Å². The van der Waals surface area contributed by atoms with Crippen LogP contribution < -0.4 is 5.32 Å². The first kappa shape index (κ1) is 18.1. The number of nitrogens with zero attached hydrogens (tertiary/aromatic N) is 4. The van der Waals surface area contributed by atoms with Crippen molar-refractivity contribution in [2.45, 2.75) is 12.5 Å². The van der Waals surface area contributed by atoms with Crippen LogP contribution in [0.5, 0.6) is 0 Å². The molecule has 0 spiro atoms. The monoisotopic (exact) mass is 389 g/mol. The fraction of sp³-hybridized carbons (Fsp3) is 0.143. The zero-order chi connectivity index (χ0) is 19.2. The molecule has 0 aliphatic rings. The zero-order valence-corrected chi connectivity index (χ0v) is 15.9. The second kappa shape index (κ2) is 8.58. The van der Waals surface area contributed by atoms with Crippen molar-refractivity contribution in [3.63, 3.8) is 0 Å². The normalized spacial score (nSPS) is 10.9. The minimum Gasteiger partial charge on any atom is -0.350 e. The summed E-state index contributed by atoms with van der Waals surface area (Å²) in [5.41, 5.74) is 5.22. The SMILES string of the molecule is O=C(NCCc1cscn1)c1cn(C(c2ccccc2)c2ccccc2)nn1. The summed E-state index contributed by atoms with van der Waals surface area (Å²) < 4.78 is 1.74. The summed E-state index contributed by atoms with van der Waals surface area (Å²) in [5, 5.41) is 13.2. The quantitative estimate of drug-likeness (QED) is 0.526. The van der Waals surface area contributed by atoms with E-state index in [4.69, 9.17) is 0 Å². The number of benzene rings is 2.